The number of hydrogen-bond donors (Lipinski definition) is 4. The Balaban J connectivity index is 2.51. The van der Waals surface area contributed by atoms with Gasteiger partial charge in [0.1, 0.15) is 18.3 Å². The van der Waals surface area contributed by atoms with Gasteiger partial charge in [0.05, 0.1) is 12.7 Å². The Kier molecular flexibility index (Phi) is 3.57. The topological polar surface area (TPSA) is 154 Å². The summed E-state index contributed by atoms with van der Waals surface area (Å²) in [6, 6.07) is 0.753. The fraction of sp³-hybridized carbons (Fsp3) is 0.556. The number of nitrogens with one attached hydrogen (secondary N) is 1. The lowest BCUT2D eigenvalue weighted by molar-refractivity contribution is -0.0541. The first-order chi connectivity index (χ1) is 8.99. The highest BCUT2D eigenvalue weighted by Crippen LogP contribution is 2.30. The van der Waals surface area contributed by atoms with Gasteiger partial charge in [-0.15, -0.1) is 4.91 Å². The van der Waals surface area contributed by atoms with Gasteiger partial charge in [0, 0.05) is 0 Å². The largest absolute Gasteiger partial charge is 0.394 e. The second-order valence-electron chi connectivity index (χ2n) is 3.99. The van der Waals surface area contributed by atoms with Crippen LogP contribution in [0.3, 0.4) is 0 Å². The first-order valence-corrected chi connectivity index (χ1v) is 5.31. The van der Waals surface area contributed by atoms with Gasteiger partial charge in [-0.2, -0.15) is 0 Å². The van der Waals surface area contributed by atoms with E-state index in [2.05, 4.69) is 5.18 Å². The number of nitrogens with zero attached hydrogens (tertiary/aromatic N) is 2. The number of ether oxygens (including phenoxy) is 1. The van der Waals surface area contributed by atoms with Crippen molar-refractivity contribution in [1.82, 2.24) is 9.55 Å². The minimum Gasteiger partial charge on any atom is -0.394 e. The Labute approximate surface area is 104 Å². The number of aromatic amines is 1. The van der Waals surface area contributed by atoms with E-state index in [-0.39, 0.29) is 0 Å². The summed E-state index contributed by atoms with van der Waals surface area (Å²) < 4.78 is 5.69. The van der Waals surface area contributed by atoms with Crippen LogP contribution in [0.2, 0.25) is 0 Å². The molecule has 2 heterocycles. The van der Waals surface area contributed by atoms with Crippen LogP contribution in [0.1, 0.15) is 6.23 Å². The molecule has 0 aliphatic carbocycles. The molecule has 0 amide bonds. The fourth-order valence-corrected chi connectivity index (χ4v) is 1.90. The van der Waals surface area contributed by atoms with Crippen LogP contribution in [0.5, 0.6) is 0 Å². The van der Waals surface area contributed by atoms with Crippen LogP contribution in [0.15, 0.2) is 20.8 Å². The van der Waals surface area contributed by atoms with E-state index in [0.29, 0.717) is 4.57 Å². The maximum Gasteiger partial charge on any atom is 0.332 e. The van der Waals surface area contributed by atoms with E-state index in [1.807, 2.05) is 4.98 Å². The summed E-state index contributed by atoms with van der Waals surface area (Å²) in [7, 11) is 0. The zero-order chi connectivity index (χ0) is 14.2. The van der Waals surface area contributed by atoms with Crippen LogP contribution in [0.4, 0.5) is 5.82 Å². The second kappa shape index (κ2) is 5.01. The van der Waals surface area contributed by atoms with Crippen molar-refractivity contribution in [3.8, 4) is 0 Å². The van der Waals surface area contributed by atoms with E-state index in [1.54, 1.807) is 0 Å². The molecule has 1 aromatic heterocycles. The molecule has 1 aromatic rings. The molecule has 19 heavy (non-hydrogen) atoms. The molecule has 0 bridgehead atoms. The van der Waals surface area contributed by atoms with Crippen molar-refractivity contribution in [2.24, 2.45) is 5.18 Å². The quantitative estimate of drug-likeness (QED) is 0.445. The van der Waals surface area contributed by atoms with E-state index in [9.17, 15) is 24.7 Å². The van der Waals surface area contributed by atoms with Crippen molar-refractivity contribution in [1.29, 1.82) is 0 Å². The molecule has 0 radical (unpaired) electrons. The van der Waals surface area contributed by atoms with Crippen molar-refractivity contribution in [2.45, 2.75) is 24.5 Å². The Hall–Kier alpha value is -1.88. The normalized spacial score (nSPS) is 30.5. The highest BCUT2D eigenvalue weighted by molar-refractivity contribution is 5.26. The minimum absolute atomic E-state index is 0.552. The molecule has 4 atom stereocenters. The first kappa shape index (κ1) is 13.5. The molecule has 1 fully saturated rings. The molecule has 1 aliphatic heterocycles. The van der Waals surface area contributed by atoms with Gasteiger partial charge in [-0.1, -0.05) is 0 Å². The van der Waals surface area contributed by atoms with Gasteiger partial charge in [-0.3, -0.25) is 9.78 Å². The summed E-state index contributed by atoms with van der Waals surface area (Å²) in [6.45, 7) is -0.587. The van der Waals surface area contributed by atoms with E-state index < -0.39 is 48.2 Å². The van der Waals surface area contributed by atoms with Crippen LogP contribution < -0.4 is 11.2 Å². The van der Waals surface area contributed by atoms with Gasteiger partial charge in [0.15, 0.2) is 12.0 Å². The standard InChI is InChI=1S/C9H11N3O7/c13-2-3-6(15)7(16)8(19-3)12-4(11-18)1-5(14)10-9(12)17/h1,3,6-8,13,15-16H,2H2,(H,10,14,17). The van der Waals surface area contributed by atoms with E-state index in [0.717, 1.165) is 6.07 Å². The number of aliphatic hydroxyl groups excluding tert-OH is 3. The monoisotopic (exact) mass is 273 g/mol. The van der Waals surface area contributed by atoms with E-state index >= 15 is 0 Å². The van der Waals surface area contributed by atoms with Crippen molar-refractivity contribution < 1.29 is 20.1 Å². The summed E-state index contributed by atoms with van der Waals surface area (Å²) in [5, 5.41) is 30.7. The molecule has 0 saturated carbocycles. The van der Waals surface area contributed by atoms with E-state index in [1.165, 1.54) is 0 Å². The maximum atomic E-state index is 11.6. The third-order valence-electron chi connectivity index (χ3n) is 2.82. The molecule has 1 saturated heterocycles. The molecule has 4 unspecified atom stereocenters. The number of H-pyrrole nitrogens is 1. The summed E-state index contributed by atoms with van der Waals surface area (Å²) in [5.74, 6) is -0.552. The van der Waals surface area contributed by atoms with Crippen molar-refractivity contribution in [2.75, 3.05) is 6.61 Å². The van der Waals surface area contributed by atoms with Crippen LogP contribution in [0, 0.1) is 4.91 Å². The molecule has 0 spiro atoms. The van der Waals surface area contributed by atoms with Gasteiger partial charge >= 0.3 is 5.69 Å². The van der Waals surface area contributed by atoms with Gasteiger partial charge in [-0.05, 0) is 5.18 Å². The molecule has 2 rings (SSSR count). The fourth-order valence-electron chi connectivity index (χ4n) is 1.90. The SMILES string of the molecule is O=Nc1cc(=O)[nH]c(=O)n1C1OC(CO)C(O)C1O. The van der Waals surface area contributed by atoms with Gasteiger partial charge in [0.2, 0.25) is 0 Å². The molecule has 1 aliphatic rings. The Morgan fingerprint density at radius 3 is 2.58 bits per heavy atom. The third kappa shape index (κ3) is 2.21. The third-order valence-corrected chi connectivity index (χ3v) is 2.82. The summed E-state index contributed by atoms with van der Waals surface area (Å²) in [4.78, 5) is 35.2. The summed E-state index contributed by atoms with van der Waals surface area (Å²) >= 11 is 0. The smallest absolute Gasteiger partial charge is 0.332 e. The zero-order valence-corrected chi connectivity index (χ0v) is 9.46. The van der Waals surface area contributed by atoms with Gasteiger partial charge in [0.25, 0.3) is 5.56 Å². The predicted octanol–water partition coefficient (Wildman–Crippen LogP) is -2.45. The van der Waals surface area contributed by atoms with Crippen LogP contribution in [-0.4, -0.2) is 49.8 Å². The maximum absolute atomic E-state index is 11.6. The predicted molar refractivity (Wildman–Crippen MR) is 59.8 cm³/mol. The van der Waals surface area contributed by atoms with E-state index in [4.69, 9.17) is 9.84 Å². The number of aliphatic hydroxyl groups is 3. The molecule has 0 aromatic carbocycles. The second-order valence-corrected chi connectivity index (χ2v) is 3.99. The van der Waals surface area contributed by atoms with Crippen LogP contribution >= 0.6 is 0 Å². The number of rotatable bonds is 3. The lowest BCUT2D eigenvalue weighted by Crippen LogP contribution is -2.37. The number of aromatic nitrogens is 2. The van der Waals surface area contributed by atoms with Crippen molar-refractivity contribution >= 4 is 5.82 Å². The molecule has 10 nitrogen and oxygen atoms in total. The lowest BCUT2D eigenvalue weighted by atomic mass is 10.1. The summed E-state index contributed by atoms with van der Waals surface area (Å²) in [5.41, 5.74) is -1.85. The molecule has 104 valence electrons. The first-order valence-electron chi connectivity index (χ1n) is 5.31. The van der Waals surface area contributed by atoms with Crippen molar-refractivity contribution in [3.63, 3.8) is 0 Å². The Morgan fingerprint density at radius 2 is 2.05 bits per heavy atom. The number of hydrogen-bond acceptors (Lipinski definition) is 8. The molecular weight excluding hydrogens is 262 g/mol. The highest BCUT2D eigenvalue weighted by atomic mass is 16.6. The molecule has 4 N–H and O–H groups in total. The molecular formula is C9H11N3O7. The van der Waals surface area contributed by atoms with Gasteiger partial charge in [-0.25, -0.2) is 9.36 Å². The Bertz CT molecular complexity index is 594. The summed E-state index contributed by atoms with van der Waals surface area (Å²) in [6.07, 6.45) is -5.53. The number of nitroso groups, excluding NO2 is 1. The van der Waals surface area contributed by atoms with Crippen molar-refractivity contribution in [3.05, 3.63) is 31.8 Å². The zero-order valence-electron chi connectivity index (χ0n) is 9.46. The highest BCUT2D eigenvalue weighted by Gasteiger charge is 2.44. The van der Waals surface area contributed by atoms with Crippen LogP contribution in [-0.2, 0) is 4.74 Å². The average molecular weight is 273 g/mol. The minimum atomic E-state index is -1.55. The average Bonchev–Trinajstić information content (AvgIpc) is 2.65. The van der Waals surface area contributed by atoms with Gasteiger partial charge < -0.3 is 20.1 Å². The van der Waals surface area contributed by atoms with Crippen LogP contribution in [0.25, 0.3) is 0 Å². The lowest BCUT2D eigenvalue weighted by Gasteiger charge is -2.17. The molecule has 10 heteroatoms. The Morgan fingerprint density at radius 1 is 1.37 bits per heavy atom.